The normalized spacial score (nSPS) is 21.0. The van der Waals surface area contributed by atoms with Crippen LogP contribution in [-0.4, -0.2) is 54.6 Å². The molecule has 0 radical (unpaired) electrons. The highest BCUT2D eigenvalue weighted by Crippen LogP contribution is 2.34. The maximum absolute atomic E-state index is 14.0. The second-order valence-electron chi connectivity index (χ2n) is 8.07. The Morgan fingerprint density at radius 2 is 2.06 bits per heavy atom. The van der Waals surface area contributed by atoms with Gasteiger partial charge >= 0.3 is 0 Å². The van der Waals surface area contributed by atoms with Gasteiger partial charge < -0.3 is 19.9 Å². The summed E-state index contributed by atoms with van der Waals surface area (Å²) >= 11 is 0. The molecule has 1 aromatic carbocycles. The van der Waals surface area contributed by atoms with Gasteiger partial charge in [-0.25, -0.2) is 9.37 Å². The van der Waals surface area contributed by atoms with Crippen molar-refractivity contribution < 1.29 is 13.9 Å². The molecule has 2 aromatic rings. The number of aromatic nitrogens is 1. The molecule has 31 heavy (non-hydrogen) atoms. The number of ether oxygens (including phenoxy) is 1. The smallest absolute Gasteiger partial charge is 0.236 e. The van der Waals surface area contributed by atoms with Crippen molar-refractivity contribution in [3.05, 3.63) is 53.5 Å². The monoisotopic (exact) mass is 423 g/mol. The Kier molecular flexibility index (Phi) is 6.05. The largest absolute Gasteiger partial charge is 0.493 e. The number of para-hydroxylation sites is 1. The lowest BCUT2D eigenvalue weighted by atomic mass is 10.1. The van der Waals surface area contributed by atoms with E-state index in [1.807, 2.05) is 17.9 Å². The molecule has 0 saturated carbocycles. The van der Waals surface area contributed by atoms with Gasteiger partial charge in [-0.05, 0) is 38.0 Å². The Labute approximate surface area is 181 Å². The van der Waals surface area contributed by atoms with Crippen LogP contribution in [0.3, 0.4) is 0 Å². The predicted octanol–water partition coefficient (Wildman–Crippen LogP) is 2.63. The van der Waals surface area contributed by atoms with Crippen LogP contribution in [0.5, 0.6) is 5.75 Å². The molecular formula is C23H26FN5O2. The van der Waals surface area contributed by atoms with Crippen molar-refractivity contribution >= 4 is 11.7 Å². The van der Waals surface area contributed by atoms with Crippen molar-refractivity contribution in [2.45, 2.75) is 37.9 Å². The number of anilines is 1. The average molecular weight is 423 g/mol. The van der Waals surface area contributed by atoms with E-state index in [0.29, 0.717) is 24.2 Å². The summed E-state index contributed by atoms with van der Waals surface area (Å²) in [5.74, 6) is 0.690. The highest BCUT2D eigenvalue weighted by molar-refractivity contribution is 5.79. The van der Waals surface area contributed by atoms with Gasteiger partial charge in [0.25, 0.3) is 0 Å². The molecule has 0 spiro atoms. The second kappa shape index (κ2) is 8.90. The number of carbonyl (C=O) groups is 1. The molecule has 2 aliphatic heterocycles. The Bertz CT molecular complexity index is 976. The maximum atomic E-state index is 14.0. The molecule has 2 saturated heterocycles. The van der Waals surface area contributed by atoms with Crippen LogP contribution in [-0.2, 0) is 4.79 Å². The fourth-order valence-electron chi connectivity index (χ4n) is 4.63. The van der Waals surface area contributed by atoms with Crippen LogP contribution in [0.1, 0.15) is 36.9 Å². The number of benzene rings is 1. The number of methoxy groups -OCH3 is 1. The number of rotatable bonds is 6. The molecule has 8 heteroatoms. The third kappa shape index (κ3) is 4.19. The number of nitrogens with zero attached hydrogens (tertiary/aromatic N) is 4. The van der Waals surface area contributed by atoms with Crippen LogP contribution in [0.4, 0.5) is 10.2 Å². The summed E-state index contributed by atoms with van der Waals surface area (Å²) in [4.78, 5) is 21.5. The van der Waals surface area contributed by atoms with Gasteiger partial charge in [0.05, 0.1) is 19.2 Å². The first-order valence-corrected chi connectivity index (χ1v) is 10.5. The predicted molar refractivity (Wildman–Crippen MR) is 114 cm³/mol. The number of hydrogen-bond donors (Lipinski definition) is 1. The molecule has 3 unspecified atom stereocenters. The highest BCUT2D eigenvalue weighted by Gasteiger charge is 2.41. The summed E-state index contributed by atoms with van der Waals surface area (Å²) in [6, 6.07) is 10.8. The summed E-state index contributed by atoms with van der Waals surface area (Å²) in [6.07, 6.45) is 3.62. The van der Waals surface area contributed by atoms with Gasteiger partial charge in [0.15, 0.2) is 11.6 Å². The first kappa shape index (κ1) is 21.1. The number of piperazine rings is 1. The standard InChI is InChI=1S/C23H26FN5O2/c1-15(19-4-3-5-20(24)23(19)31-2)26-12-22(30)28-13-17-7-8-18(14-28)29(17)21-9-6-16(10-25)11-27-21/h3-6,9,11,15,17-18,26H,7-8,12-14H2,1-2H3. The molecule has 7 nitrogen and oxygen atoms in total. The minimum atomic E-state index is -0.413. The van der Waals surface area contributed by atoms with E-state index in [0.717, 1.165) is 18.7 Å². The lowest BCUT2D eigenvalue weighted by molar-refractivity contribution is -0.131. The Hall–Kier alpha value is -3.18. The van der Waals surface area contributed by atoms with Crippen LogP contribution in [0.15, 0.2) is 36.5 Å². The summed E-state index contributed by atoms with van der Waals surface area (Å²) in [7, 11) is 1.44. The first-order chi connectivity index (χ1) is 15.0. The van der Waals surface area contributed by atoms with Gasteiger partial charge in [0.1, 0.15) is 11.9 Å². The topological polar surface area (TPSA) is 81.5 Å². The molecule has 0 aliphatic carbocycles. The van der Waals surface area contributed by atoms with Gasteiger partial charge in [0.2, 0.25) is 5.91 Å². The number of halogens is 1. The number of pyridine rings is 1. The number of nitrogens with one attached hydrogen (secondary N) is 1. The molecule has 1 aromatic heterocycles. The van der Waals surface area contributed by atoms with Crippen molar-refractivity contribution in [3.8, 4) is 11.8 Å². The minimum absolute atomic E-state index is 0.0338. The molecule has 162 valence electrons. The first-order valence-electron chi connectivity index (χ1n) is 10.5. The second-order valence-corrected chi connectivity index (χ2v) is 8.07. The van der Waals surface area contributed by atoms with E-state index < -0.39 is 5.82 Å². The zero-order valence-electron chi connectivity index (χ0n) is 17.7. The van der Waals surface area contributed by atoms with E-state index in [2.05, 4.69) is 21.3 Å². The van der Waals surface area contributed by atoms with Gasteiger partial charge in [-0.3, -0.25) is 4.79 Å². The fraction of sp³-hybridized carbons (Fsp3) is 0.435. The van der Waals surface area contributed by atoms with Gasteiger partial charge in [-0.2, -0.15) is 5.26 Å². The number of likely N-dealkylation sites (tertiary alicyclic amines) is 1. The molecule has 2 bridgehead atoms. The molecule has 1 N–H and O–H groups in total. The van der Waals surface area contributed by atoms with Crippen LogP contribution >= 0.6 is 0 Å². The SMILES string of the molecule is COc1c(F)cccc1C(C)NCC(=O)N1CC2CCC(C1)N2c1ccc(C#N)cn1. The van der Waals surface area contributed by atoms with Gasteiger partial charge in [-0.1, -0.05) is 12.1 Å². The Morgan fingerprint density at radius 3 is 2.68 bits per heavy atom. The third-order valence-corrected chi connectivity index (χ3v) is 6.20. The molecule has 1 amide bonds. The molecule has 2 aliphatic rings. The summed E-state index contributed by atoms with van der Waals surface area (Å²) in [5.41, 5.74) is 1.23. The minimum Gasteiger partial charge on any atom is -0.493 e. The third-order valence-electron chi connectivity index (χ3n) is 6.20. The Morgan fingerprint density at radius 1 is 1.32 bits per heavy atom. The molecule has 3 heterocycles. The van der Waals surface area contributed by atoms with E-state index in [1.54, 1.807) is 24.4 Å². The van der Waals surface area contributed by atoms with Crippen molar-refractivity contribution in [1.29, 1.82) is 5.26 Å². The van der Waals surface area contributed by atoms with Crippen molar-refractivity contribution in [3.63, 3.8) is 0 Å². The average Bonchev–Trinajstić information content (AvgIpc) is 3.05. The number of hydrogen-bond acceptors (Lipinski definition) is 6. The molecular weight excluding hydrogens is 397 g/mol. The summed E-state index contributed by atoms with van der Waals surface area (Å²) in [5, 5.41) is 12.2. The molecule has 4 rings (SSSR count). The van der Waals surface area contributed by atoms with Crippen LogP contribution in [0.25, 0.3) is 0 Å². The van der Waals surface area contributed by atoms with Crippen LogP contribution in [0, 0.1) is 17.1 Å². The van der Waals surface area contributed by atoms with E-state index in [-0.39, 0.29) is 36.3 Å². The van der Waals surface area contributed by atoms with E-state index in [1.165, 1.54) is 13.2 Å². The van der Waals surface area contributed by atoms with Crippen molar-refractivity contribution in [2.24, 2.45) is 0 Å². The van der Waals surface area contributed by atoms with Gasteiger partial charge in [-0.15, -0.1) is 0 Å². The van der Waals surface area contributed by atoms with Gasteiger partial charge in [0, 0.05) is 43.0 Å². The lowest BCUT2D eigenvalue weighted by Crippen LogP contribution is -2.57. The van der Waals surface area contributed by atoms with Crippen LogP contribution < -0.4 is 15.0 Å². The van der Waals surface area contributed by atoms with Crippen molar-refractivity contribution in [1.82, 2.24) is 15.2 Å². The van der Waals surface area contributed by atoms with E-state index in [9.17, 15) is 9.18 Å². The quantitative estimate of drug-likeness (QED) is 0.769. The zero-order chi connectivity index (χ0) is 22.0. The number of carbonyl (C=O) groups excluding carboxylic acids is 1. The number of nitriles is 1. The number of amides is 1. The fourth-order valence-corrected chi connectivity index (χ4v) is 4.63. The molecule has 2 fully saturated rings. The summed E-state index contributed by atoms with van der Waals surface area (Å²) < 4.78 is 19.1. The molecule has 3 atom stereocenters. The maximum Gasteiger partial charge on any atom is 0.236 e. The number of fused-ring (bicyclic) bond motifs is 2. The van der Waals surface area contributed by atoms with E-state index >= 15 is 0 Å². The van der Waals surface area contributed by atoms with Crippen molar-refractivity contribution in [2.75, 3.05) is 31.6 Å². The van der Waals surface area contributed by atoms with Crippen LogP contribution in [0.2, 0.25) is 0 Å². The lowest BCUT2D eigenvalue weighted by Gasteiger charge is -2.42. The zero-order valence-corrected chi connectivity index (χ0v) is 17.7. The highest BCUT2D eigenvalue weighted by atomic mass is 19.1. The van der Waals surface area contributed by atoms with E-state index in [4.69, 9.17) is 10.00 Å². The summed E-state index contributed by atoms with van der Waals surface area (Å²) in [6.45, 7) is 3.37. The Balaban J connectivity index is 1.37.